The van der Waals surface area contributed by atoms with E-state index in [1.54, 1.807) is 43.7 Å². The van der Waals surface area contributed by atoms with Crippen LogP contribution in [0.3, 0.4) is 0 Å². The van der Waals surface area contributed by atoms with Crippen LogP contribution in [0.5, 0.6) is 11.5 Å². The predicted molar refractivity (Wildman–Crippen MR) is 118 cm³/mol. The second-order valence-electron chi connectivity index (χ2n) is 6.28. The maximum absolute atomic E-state index is 9.83. The molecule has 0 saturated carbocycles. The molecule has 0 N–H and O–H groups in total. The van der Waals surface area contributed by atoms with Crippen molar-refractivity contribution in [3.63, 3.8) is 0 Å². The van der Waals surface area contributed by atoms with Gasteiger partial charge in [-0.15, -0.1) is 0 Å². The van der Waals surface area contributed by atoms with Crippen molar-refractivity contribution in [1.29, 1.82) is 5.26 Å². The first kappa shape index (κ1) is 20.6. The van der Waals surface area contributed by atoms with Crippen LogP contribution < -0.4 is 9.47 Å². The first-order valence-electron chi connectivity index (χ1n) is 9.35. The van der Waals surface area contributed by atoms with Crippen molar-refractivity contribution in [3.8, 4) is 40.4 Å². The average Bonchev–Trinajstić information content (AvgIpc) is 3.53. The zero-order valence-electron chi connectivity index (χ0n) is 16.7. The Kier molecular flexibility index (Phi) is 5.96. The summed E-state index contributed by atoms with van der Waals surface area (Å²) in [6.45, 7) is 2.40. The maximum atomic E-state index is 9.83. The van der Waals surface area contributed by atoms with E-state index < -0.39 is 0 Å². The number of nitriles is 1. The Morgan fingerprint density at radius 1 is 1.16 bits per heavy atom. The third kappa shape index (κ3) is 4.00. The zero-order chi connectivity index (χ0) is 21.8. The molecule has 7 nitrogen and oxygen atoms in total. The zero-order valence-corrected chi connectivity index (χ0v) is 18.3. The second kappa shape index (κ2) is 8.98. The molecule has 0 saturated heterocycles. The summed E-state index contributed by atoms with van der Waals surface area (Å²) in [5, 5.41) is 9.83. The average molecular weight is 481 g/mol. The first-order chi connectivity index (χ1) is 15.2. The SMILES string of the molecule is CCOc1c(Br)cc(C=Nc2oc(-c3ccco3)c(-c3ccco3)c2C#N)cc1OC. The van der Waals surface area contributed by atoms with Crippen molar-refractivity contribution in [2.24, 2.45) is 4.99 Å². The van der Waals surface area contributed by atoms with Gasteiger partial charge in [-0.2, -0.15) is 5.26 Å². The van der Waals surface area contributed by atoms with Crippen LogP contribution in [-0.4, -0.2) is 19.9 Å². The predicted octanol–water partition coefficient (Wildman–Crippen LogP) is 6.59. The van der Waals surface area contributed by atoms with E-state index in [1.807, 2.05) is 13.0 Å². The van der Waals surface area contributed by atoms with E-state index in [9.17, 15) is 5.26 Å². The van der Waals surface area contributed by atoms with Crippen LogP contribution in [0.4, 0.5) is 5.88 Å². The molecule has 0 aliphatic carbocycles. The number of benzene rings is 1. The molecule has 8 heteroatoms. The van der Waals surface area contributed by atoms with E-state index in [2.05, 4.69) is 27.0 Å². The minimum absolute atomic E-state index is 0.143. The third-order valence-electron chi connectivity index (χ3n) is 4.39. The van der Waals surface area contributed by atoms with Gasteiger partial charge in [0.2, 0.25) is 5.88 Å². The van der Waals surface area contributed by atoms with Crippen LogP contribution in [0.1, 0.15) is 18.1 Å². The number of hydrogen-bond acceptors (Lipinski definition) is 7. The summed E-state index contributed by atoms with van der Waals surface area (Å²) >= 11 is 3.49. The molecule has 0 unspecified atom stereocenters. The highest BCUT2D eigenvalue weighted by Crippen LogP contribution is 2.43. The molecule has 3 heterocycles. The highest BCUT2D eigenvalue weighted by Gasteiger charge is 2.26. The number of aliphatic imine (C=N–C) groups is 1. The van der Waals surface area contributed by atoms with Crippen molar-refractivity contribution in [2.75, 3.05) is 13.7 Å². The number of rotatable bonds is 7. The highest BCUT2D eigenvalue weighted by molar-refractivity contribution is 9.10. The topological polar surface area (TPSA) is 94.0 Å². The molecule has 0 bridgehead atoms. The molecule has 1 aromatic carbocycles. The van der Waals surface area contributed by atoms with Crippen LogP contribution in [-0.2, 0) is 0 Å². The van der Waals surface area contributed by atoms with E-state index in [-0.39, 0.29) is 11.4 Å². The van der Waals surface area contributed by atoms with Gasteiger partial charge >= 0.3 is 0 Å². The fraction of sp³-hybridized carbons (Fsp3) is 0.130. The monoisotopic (exact) mass is 480 g/mol. The van der Waals surface area contributed by atoms with E-state index in [0.29, 0.717) is 41.0 Å². The maximum Gasteiger partial charge on any atom is 0.238 e. The molecule has 0 amide bonds. The molecule has 0 aliphatic heterocycles. The molecule has 0 atom stereocenters. The van der Waals surface area contributed by atoms with Gasteiger partial charge in [0.25, 0.3) is 0 Å². The smallest absolute Gasteiger partial charge is 0.238 e. The summed E-state index contributed by atoms with van der Waals surface area (Å²) in [6, 6.07) is 12.8. The Hall–Kier alpha value is -3.70. The largest absolute Gasteiger partial charge is 0.493 e. The summed E-state index contributed by atoms with van der Waals surface area (Å²) in [7, 11) is 1.57. The van der Waals surface area contributed by atoms with Crippen LogP contribution in [0.25, 0.3) is 22.8 Å². The second-order valence-corrected chi connectivity index (χ2v) is 7.13. The van der Waals surface area contributed by atoms with Crippen LogP contribution >= 0.6 is 15.9 Å². The van der Waals surface area contributed by atoms with Gasteiger partial charge < -0.3 is 22.7 Å². The molecule has 3 aromatic heterocycles. The van der Waals surface area contributed by atoms with Crippen molar-refractivity contribution < 1.29 is 22.7 Å². The first-order valence-corrected chi connectivity index (χ1v) is 10.1. The number of hydrogen-bond donors (Lipinski definition) is 0. The van der Waals surface area contributed by atoms with E-state index in [0.717, 1.165) is 10.0 Å². The van der Waals surface area contributed by atoms with E-state index in [4.69, 9.17) is 22.7 Å². The van der Waals surface area contributed by atoms with E-state index >= 15 is 0 Å². The molecular weight excluding hydrogens is 464 g/mol. The van der Waals surface area contributed by atoms with Gasteiger partial charge in [-0.3, -0.25) is 0 Å². The Bertz CT molecular complexity index is 1250. The number of furan rings is 3. The van der Waals surface area contributed by atoms with Crippen molar-refractivity contribution in [2.45, 2.75) is 6.92 Å². The Labute approximate surface area is 186 Å². The molecule has 156 valence electrons. The summed E-state index contributed by atoms with van der Waals surface area (Å²) in [4.78, 5) is 4.43. The Morgan fingerprint density at radius 3 is 2.52 bits per heavy atom. The van der Waals surface area contributed by atoms with Gasteiger partial charge in [-0.05, 0) is 64.8 Å². The Balaban J connectivity index is 1.79. The third-order valence-corrected chi connectivity index (χ3v) is 4.97. The van der Waals surface area contributed by atoms with Crippen molar-refractivity contribution in [3.05, 3.63) is 64.5 Å². The molecule has 31 heavy (non-hydrogen) atoms. The summed E-state index contributed by atoms with van der Waals surface area (Å²) in [5.41, 5.74) is 1.46. The number of ether oxygens (including phenoxy) is 2. The standard InChI is InChI=1S/C23H17BrN2O5/c1-3-28-21-16(24)10-14(11-19(21)27-2)13-26-23-15(12-25)20(17-6-4-8-29-17)22(31-23)18-7-5-9-30-18/h4-11,13H,3H2,1-2H3. The molecule has 4 aromatic rings. The van der Waals surface area contributed by atoms with Gasteiger partial charge in [-0.1, -0.05) is 0 Å². The van der Waals surface area contributed by atoms with Crippen molar-refractivity contribution in [1.82, 2.24) is 0 Å². The summed E-state index contributed by atoms with van der Waals surface area (Å²) in [6.07, 6.45) is 4.64. The lowest BCUT2D eigenvalue weighted by Gasteiger charge is -2.11. The molecular formula is C23H17BrN2O5. The molecule has 0 spiro atoms. The fourth-order valence-corrected chi connectivity index (χ4v) is 3.66. The van der Waals surface area contributed by atoms with Gasteiger partial charge in [0.05, 0.1) is 36.3 Å². The molecule has 0 fully saturated rings. The van der Waals surface area contributed by atoms with Gasteiger partial charge in [-0.25, -0.2) is 4.99 Å². The summed E-state index contributed by atoms with van der Waals surface area (Å²) < 4.78 is 28.7. The van der Waals surface area contributed by atoms with Gasteiger partial charge in [0, 0.05) is 6.21 Å². The number of halogens is 1. The molecule has 0 radical (unpaired) electrons. The number of methoxy groups -OCH3 is 1. The fourth-order valence-electron chi connectivity index (χ4n) is 3.08. The van der Waals surface area contributed by atoms with Crippen molar-refractivity contribution >= 4 is 28.0 Å². The van der Waals surface area contributed by atoms with Crippen LogP contribution in [0, 0.1) is 11.3 Å². The normalized spacial score (nSPS) is 11.0. The minimum Gasteiger partial charge on any atom is -0.493 e. The van der Waals surface area contributed by atoms with Crippen LogP contribution in [0.15, 0.2) is 71.6 Å². The molecule has 0 aliphatic rings. The molecule has 4 rings (SSSR count). The van der Waals surface area contributed by atoms with Crippen LogP contribution in [0.2, 0.25) is 0 Å². The summed E-state index contributed by atoms with van der Waals surface area (Å²) in [5.74, 6) is 2.63. The van der Waals surface area contributed by atoms with Gasteiger partial charge in [0.1, 0.15) is 17.4 Å². The quantitative estimate of drug-likeness (QED) is 0.277. The lowest BCUT2D eigenvalue weighted by atomic mass is 10.1. The Morgan fingerprint density at radius 2 is 1.90 bits per heavy atom. The number of nitrogens with zero attached hydrogens (tertiary/aromatic N) is 2. The lowest BCUT2D eigenvalue weighted by molar-refractivity contribution is 0.309. The highest BCUT2D eigenvalue weighted by atomic mass is 79.9. The minimum atomic E-state index is 0.143. The lowest BCUT2D eigenvalue weighted by Crippen LogP contribution is -1.97. The van der Waals surface area contributed by atoms with E-state index in [1.165, 1.54) is 12.5 Å². The van der Waals surface area contributed by atoms with Gasteiger partial charge in [0.15, 0.2) is 23.0 Å².